The van der Waals surface area contributed by atoms with Gasteiger partial charge >= 0.3 is 6.36 Å². The van der Waals surface area contributed by atoms with Gasteiger partial charge in [-0.2, -0.15) is 0 Å². The van der Waals surface area contributed by atoms with Crippen LogP contribution in [0.4, 0.5) is 26.3 Å². The average molecular weight is 454 g/mol. The van der Waals surface area contributed by atoms with E-state index in [1.165, 1.54) is 24.3 Å². The van der Waals surface area contributed by atoms with Crippen molar-refractivity contribution in [3.05, 3.63) is 89.7 Å². The van der Waals surface area contributed by atoms with Gasteiger partial charge in [0.05, 0.1) is 0 Å². The fourth-order valence-corrected chi connectivity index (χ4v) is 3.28. The van der Waals surface area contributed by atoms with Crippen LogP contribution in [0, 0.1) is 5.82 Å². The molecule has 3 aromatic carbocycles. The van der Waals surface area contributed by atoms with Gasteiger partial charge in [0.25, 0.3) is 0 Å². The van der Waals surface area contributed by atoms with Crippen molar-refractivity contribution in [2.45, 2.75) is 38.0 Å². The second kappa shape index (κ2) is 10.4. The van der Waals surface area contributed by atoms with E-state index in [-0.39, 0.29) is 17.7 Å². The van der Waals surface area contributed by atoms with Gasteiger partial charge in [-0.1, -0.05) is 36.4 Å². The third-order valence-corrected chi connectivity index (χ3v) is 4.79. The van der Waals surface area contributed by atoms with Gasteiger partial charge in [0, 0.05) is 5.92 Å². The zero-order valence-corrected chi connectivity index (χ0v) is 16.8. The van der Waals surface area contributed by atoms with Crippen LogP contribution in [0.1, 0.15) is 29.9 Å². The van der Waals surface area contributed by atoms with Crippen molar-refractivity contribution >= 4 is 0 Å². The SMILES string of the molecule is Fc1ccc(CCCC(c2ccc(OC(F)(F)F)cc2)C(F)F)cc1Oc1ccccc1. The summed E-state index contributed by atoms with van der Waals surface area (Å²) in [6.45, 7) is 0. The molecule has 2 nitrogen and oxygen atoms in total. The van der Waals surface area contributed by atoms with Crippen LogP contribution in [-0.4, -0.2) is 12.8 Å². The molecule has 0 aliphatic heterocycles. The number of para-hydroxylation sites is 1. The molecule has 0 heterocycles. The minimum absolute atomic E-state index is 0.0411. The van der Waals surface area contributed by atoms with Crippen LogP contribution in [0.15, 0.2) is 72.8 Å². The third-order valence-electron chi connectivity index (χ3n) is 4.79. The van der Waals surface area contributed by atoms with Crippen LogP contribution in [0.25, 0.3) is 0 Å². The first-order valence-corrected chi connectivity index (χ1v) is 9.86. The van der Waals surface area contributed by atoms with Crippen molar-refractivity contribution in [2.24, 2.45) is 0 Å². The number of hydrogen-bond acceptors (Lipinski definition) is 2. The Morgan fingerprint density at radius 3 is 2.12 bits per heavy atom. The Morgan fingerprint density at radius 1 is 0.812 bits per heavy atom. The van der Waals surface area contributed by atoms with Crippen LogP contribution >= 0.6 is 0 Å². The minimum atomic E-state index is -4.85. The van der Waals surface area contributed by atoms with Crippen molar-refractivity contribution in [3.8, 4) is 17.2 Å². The molecule has 32 heavy (non-hydrogen) atoms. The highest BCUT2D eigenvalue weighted by Crippen LogP contribution is 2.32. The first-order chi connectivity index (χ1) is 15.2. The maximum Gasteiger partial charge on any atom is 0.573 e. The molecule has 0 saturated heterocycles. The lowest BCUT2D eigenvalue weighted by molar-refractivity contribution is -0.274. The molecule has 0 bridgehead atoms. The summed E-state index contributed by atoms with van der Waals surface area (Å²) in [6.07, 6.45) is -6.66. The number of halogens is 6. The van der Waals surface area contributed by atoms with Gasteiger partial charge < -0.3 is 9.47 Å². The molecule has 0 aliphatic carbocycles. The van der Waals surface area contributed by atoms with E-state index in [0.29, 0.717) is 18.6 Å². The van der Waals surface area contributed by atoms with E-state index in [1.807, 2.05) is 0 Å². The first kappa shape index (κ1) is 23.5. The lowest BCUT2D eigenvalue weighted by Gasteiger charge is -2.17. The molecular weight excluding hydrogens is 434 g/mol. The Balaban J connectivity index is 1.61. The number of ether oxygens (including phenoxy) is 2. The largest absolute Gasteiger partial charge is 0.573 e. The van der Waals surface area contributed by atoms with Gasteiger partial charge in [-0.3, -0.25) is 0 Å². The Labute approximate surface area is 181 Å². The lowest BCUT2D eigenvalue weighted by atomic mass is 9.93. The molecule has 3 rings (SSSR count). The fourth-order valence-electron chi connectivity index (χ4n) is 3.28. The monoisotopic (exact) mass is 454 g/mol. The number of hydrogen-bond donors (Lipinski definition) is 0. The summed E-state index contributed by atoms with van der Waals surface area (Å²) in [7, 11) is 0. The Morgan fingerprint density at radius 2 is 1.50 bits per heavy atom. The van der Waals surface area contributed by atoms with Gasteiger partial charge in [0.15, 0.2) is 11.6 Å². The highest BCUT2D eigenvalue weighted by Gasteiger charge is 2.31. The van der Waals surface area contributed by atoms with Gasteiger partial charge in [-0.05, 0) is 66.8 Å². The number of benzene rings is 3. The molecule has 0 saturated carbocycles. The first-order valence-electron chi connectivity index (χ1n) is 9.86. The predicted octanol–water partition coefficient (Wildman–Crippen LogP) is 7.89. The molecule has 1 unspecified atom stereocenters. The number of alkyl halides is 5. The maximum atomic E-state index is 14.1. The second-order valence-electron chi connectivity index (χ2n) is 7.13. The normalized spacial score (nSPS) is 12.6. The van der Waals surface area contributed by atoms with Crippen LogP contribution in [0.5, 0.6) is 17.2 Å². The Hall–Kier alpha value is -3.16. The molecular formula is C24H20F6O2. The summed E-state index contributed by atoms with van der Waals surface area (Å²) in [4.78, 5) is 0. The zero-order chi connectivity index (χ0) is 23.1. The summed E-state index contributed by atoms with van der Waals surface area (Å²) < 4.78 is 87.3. The van der Waals surface area contributed by atoms with E-state index in [1.54, 1.807) is 36.4 Å². The molecule has 170 valence electrons. The predicted molar refractivity (Wildman–Crippen MR) is 108 cm³/mol. The molecule has 8 heteroatoms. The van der Waals surface area contributed by atoms with Crippen LogP contribution in [-0.2, 0) is 6.42 Å². The lowest BCUT2D eigenvalue weighted by Crippen LogP contribution is -2.17. The Bertz CT molecular complexity index is 988. The molecule has 0 spiro atoms. The number of rotatable bonds is 9. The van der Waals surface area contributed by atoms with Crippen molar-refractivity contribution in [2.75, 3.05) is 0 Å². The number of aryl methyl sites for hydroxylation is 1. The van der Waals surface area contributed by atoms with Crippen LogP contribution < -0.4 is 9.47 Å². The fraction of sp³-hybridized carbons (Fsp3) is 0.250. The summed E-state index contributed by atoms with van der Waals surface area (Å²) in [5.74, 6) is -1.63. The molecule has 0 aliphatic rings. The van der Waals surface area contributed by atoms with E-state index in [9.17, 15) is 26.3 Å². The van der Waals surface area contributed by atoms with Gasteiger partial charge in [-0.15, -0.1) is 13.2 Å². The summed E-state index contributed by atoms with van der Waals surface area (Å²) in [6, 6.07) is 17.5. The quantitative estimate of drug-likeness (QED) is 0.306. The zero-order valence-electron chi connectivity index (χ0n) is 16.8. The molecule has 0 radical (unpaired) electrons. The van der Waals surface area contributed by atoms with Crippen molar-refractivity contribution in [1.82, 2.24) is 0 Å². The van der Waals surface area contributed by atoms with E-state index in [0.717, 1.165) is 17.7 Å². The molecule has 3 aromatic rings. The minimum Gasteiger partial charge on any atom is -0.454 e. The molecule has 0 fully saturated rings. The molecule has 0 aromatic heterocycles. The van der Waals surface area contributed by atoms with Crippen molar-refractivity contribution < 1.29 is 35.8 Å². The highest BCUT2D eigenvalue weighted by molar-refractivity contribution is 5.35. The van der Waals surface area contributed by atoms with E-state index in [2.05, 4.69) is 4.74 Å². The third kappa shape index (κ3) is 6.93. The summed E-state index contributed by atoms with van der Waals surface area (Å²) in [5, 5.41) is 0. The van der Waals surface area contributed by atoms with E-state index in [4.69, 9.17) is 4.74 Å². The summed E-state index contributed by atoms with van der Waals surface area (Å²) in [5.41, 5.74) is 0.945. The van der Waals surface area contributed by atoms with Crippen molar-refractivity contribution in [3.63, 3.8) is 0 Å². The van der Waals surface area contributed by atoms with Gasteiger partial charge in [0.2, 0.25) is 6.43 Å². The molecule has 0 N–H and O–H groups in total. The smallest absolute Gasteiger partial charge is 0.454 e. The van der Waals surface area contributed by atoms with E-state index < -0.39 is 30.3 Å². The highest BCUT2D eigenvalue weighted by atomic mass is 19.4. The van der Waals surface area contributed by atoms with Gasteiger partial charge in [0.1, 0.15) is 11.5 Å². The standard InChI is InChI=1S/C24H20F6O2/c25-21-14-9-16(15-22(21)31-18-6-2-1-3-7-18)5-4-8-20(23(26)27)17-10-12-19(13-11-17)32-24(28,29)30/h1-3,6-7,9-15,20,23H,4-5,8H2. The molecule has 1 atom stereocenters. The van der Waals surface area contributed by atoms with Crippen LogP contribution in [0.2, 0.25) is 0 Å². The van der Waals surface area contributed by atoms with Crippen molar-refractivity contribution in [1.29, 1.82) is 0 Å². The molecule has 0 amide bonds. The van der Waals surface area contributed by atoms with Gasteiger partial charge in [-0.25, -0.2) is 13.2 Å². The second-order valence-corrected chi connectivity index (χ2v) is 7.13. The topological polar surface area (TPSA) is 18.5 Å². The Kier molecular flexibility index (Phi) is 7.66. The maximum absolute atomic E-state index is 14.1. The van der Waals surface area contributed by atoms with Crippen LogP contribution in [0.3, 0.4) is 0 Å². The summed E-state index contributed by atoms with van der Waals surface area (Å²) >= 11 is 0. The van der Waals surface area contributed by atoms with E-state index >= 15 is 0 Å². The average Bonchev–Trinajstić information content (AvgIpc) is 2.74.